The molecule has 8 nitrogen and oxygen atoms in total. The number of aromatic nitrogens is 4. The van der Waals surface area contributed by atoms with Gasteiger partial charge in [0.15, 0.2) is 0 Å². The molecule has 0 radical (unpaired) electrons. The van der Waals surface area contributed by atoms with Crippen molar-refractivity contribution in [2.45, 2.75) is 6.54 Å². The first-order valence-electron chi connectivity index (χ1n) is 8.46. The average Bonchev–Trinajstić information content (AvgIpc) is 3.28. The summed E-state index contributed by atoms with van der Waals surface area (Å²) >= 11 is 0. The second-order valence-electron chi connectivity index (χ2n) is 5.79. The fraction of sp³-hybridized carbons (Fsp3) is 0.0500. The van der Waals surface area contributed by atoms with Gasteiger partial charge in [-0.25, -0.2) is 9.78 Å². The molecule has 0 aliphatic carbocycles. The molecule has 28 heavy (non-hydrogen) atoms. The van der Waals surface area contributed by atoms with Crippen LogP contribution < -0.4 is 10.1 Å². The number of nitrogens with zero attached hydrogens (tertiary/aromatic N) is 4. The molecule has 0 fully saturated rings. The predicted octanol–water partition coefficient (Wildman–Crippen LogP) is 3.48. The highest BCUT2D eigenvalue weighted by Gasteiger charge is 2.10. The molecule has 4 rings (SSSR count). The molecule has 0 spiro atoms. The summed E-state index contributed by atoms with van der Waals surface area (Å²) in [6.45, 7) is 0.386. The number of benzene rings is 2. The summed E-state index contributed by atoms with van der Waals surface area (Å²) in [5.74, 6) is 0.676. The molecule has 0 atom stereocenters. The smallest absolute Gasteiger partial charge is 0.412 e. The molecule has 2 aromatic carbocycles. The highest BCUT2D eigenvalue weighted by atomic mass is 16.6. The number of carbonyl (C=O) groups is 1. The van der Waals surface area contributed by atoms with Crippen LogP contribution in [0.3, 0.4) is 0 Å². The number of ether oxygens (including phenoxy) is 1. The summed E-state index contributed by atoms with van der Waals surface area (Å²) in [5, 5.41) is 10.2. The fourth-order valence-corrected chi connectivity index (χ4v) is 2.52. The summed E-state index contributed by atoms with van der Waals surface area (Å²) in [4.78, 5) is 20.7. The second kappa shape index (κ2) is 8.09. The van der Waals surface area contributed by atoms with Crippen LogP contribution in [0.1, 0.15) is 5.56 Å². The van der Waals surface area contributed by atoms with E-state index in [1.54, 1.807) is 24.4 Å². The molecule has 8 heteroatoms. The maximum absolute atomic E-state index is 12.1. The summed E-state index contributed by atoms with van der Waals surface area (Å²) in [7, 11) is 0. The van der Waals surface area contributed by atoms with Crippen molar-refractivity contribution < 1.29 is 13.9 Å². The number of rotatable bonds is 5. The van der Waals surface area contributed by atoms with E-state index >= 15 is 0 Å². The number of hydrogen-bond donors (Lipinski definition) is 1. The van der Waals surface area contributed by atoms with Crippen LogP contribution in [0.15, 0.2) is 77.8 Å². The van der Waals surface area contributed by atoms with Crippen LogP contribution in [0.2, 0.25) is 0 Å². The van der Waals surface area contributed by atoms with E-state index in [9.17, 15) is 4.79 Å². The molecule has 0 aliphatic rings. The molecule has 0 aliphatic heterocycles. The van der Waals surface area contributed by atoms with Crippen molar-refractivity contribution >= 4 is 6.09 Å². The first kappa shape index (κ1) is 17.3. The van der Waals surface area contributed by atoms with Crippen molar-refractivity contribution in [2.75, 3.05) is 0 Å². The molecule has 4 aromatic rings. The summed E-state index contributed by atoms with van der Waals surface area (Å²) in [6, 6.07) is 16.6. The van der Waals surface area contributed by atoms with Gasteiger partial charge in [-0.1, -0.05) is 42.5 Å². The number of carbonyl (C=O) groups excluding carboxylic acids is 1. The van der Waals surface area contributed by atoms with Crippen LogP contribution in [-0.2, 0) is 6.54 Å². The van der Waals surface area contributed by atoms with Gasteiger partial charge in [0, 0.05) is 12.1 Å². The van der Waals surface area contributed by atoms with Crippen molar-refractivity contribution in [3.63, 3.8) is 0 Å². The van der Waals surface area contributed by atoms with Crippen LogP contribution in [-0.4, -0.2) is 26.3 Å². The molecule has 1 amide bonds. The molecular weight excluding hydrogens is 358 g/mol. The van der Waals surface area contributed by atoms with Gasteiger partial charge in [-0.15, -0.1) is 10.2 Å². The molecule has 0 saturated carbocycles. The fourth-order valence-electron chi connectivity index (χ4n) is 2.52. The Morgan fingerprint density at radius 2 is 1.89 bits per heavy atom. The summed E-state index contributed by atoms with van der Waals surface area (Å²) in [6.07, 6.45) is 3.83. The molecule has 0 bridgehead atoms. The Morgan fingerprint density at radius 1 is 1.04 bits per heavy atom. The van der Waals surface area contributed by atoms with E-state index in [1.807, 2.05) is 36.4 Å². The molecule has 0 unspecified atom stereocenters. The lowest BCUT2D eigenvalue weighted by Gasteiger charge is -2.08. The van der Waals surface area contributed by atoms with Gasteiger partial charge < -0.3 is 14.5 Å². The van der Waals surface area contributed by atoms with Crippen molar-refractivity contribution in [2.24, 2.45) is 0 Å². The monoisotopic (exact) mass is 373 g/mol. The molecule has 138 valence electrons. The first-order chi connectivity index (χ1) is 13.8. The van der Waals surface area contributed by atoms with E-state index in [1.165, 1.54) is 12.6 Å². The van der Waals surface area contributed by atoms with E-state index in [0.717, 1.165) is 11.1 Å². The Labute approximate surface area is 160 Å². The Balaban J connectivity index is 1.46. The van der Waals surface area contributed by atoms with Crippen LogP contribution in [0, 0.1) is 0 Å². The zero-order chi connectivity index (χ0) is 19.2. The Hall–Kier alpha value is -4.07. The average molecular weight is 373 g/mol. The number of amides is 1. The van der Waals surface area contributed by atoms with Crippen molar-refractivity contribution in [3.05, 3.63) is 78.9 Å². The van der Waals surface area contributed by atoms with Crippen molar-refractivity contribution in [1.29, 1.82) is 0 Å². The molecule has 0 saturated heterocycles. The van der Waals surface area contributed by atoms with Gasteiger partial charge in [-0.3, -0.25) is 4.98 Å². The molecule has 1 N–H and O–H groups in total. The van der Waals surface area contributed by atoms with Crippen molar-refractivity contribution in [3.8, 4) is 28.6 Å². The lowest BCUT2D eigenvalue weighted by molar-refractivity contribution is 0.200. The highest BCUT2D eigenvalue weighted by molar-refractivity contribution is 5.71. The maximum Gasteiger partial charge on any atom is 0.412 e. The minimum Gasteiger partial charge on any atom is -0.422 e. The topological polar surface area (TPSA) is 103 Å². The SMILES string of the molecule is O=C(NCc1ccccc1)Oc1cccc(-c2cncc(-c3nnco3)n2)c1. The molecular formula is C20H15N5O3. The van der Waals surface area contributed by atoms with E-state index in [4.69, 9.17) is 9.15 Å². The van der Waals surface area contributed by atoms with Gasteiger partial charge in [0.1, 0.15) is 11.4 Å². The Bertz CT molecular complexity index is 1070. The minimum absolute atomic E-state index is 0.280. The Kier molecular flexibility index (Phi) is 5.01. The normalized spacial score (nSPS) is 10.4. The zero-order valence-electron chi connectivity index (χ0n) is 14.6. The number of hydrogen-bond acceptors (Lipinski definition) is 7. The van der Waals surface area contributed by atoms with Crippen LogP contribution in [0.5, 0.6) is 5.75 Å². The van der Waals surface area contributed by atoms with Crippen LogP contribution in [0.4, 0.5) is 4.79 Å². The van der Waals surface area contributed by atoms with E-state index in [0.29, 0.717) is 23.7 Å². The van der Waals surface area contributed by atoms with Gasteiger partial charge in [0.25, 0.3) is 5.89 Å². The van der Waals surface area contributed by atoms with Gasteiger partial charge in [0.2, 0.25) is 6.39 Å². The number of nitrogens with one attached hydrogen (secondary N) is 1. The second-order valence-corrected chi connectivity index (χ2v) is 5.79. The van der Waals surface area contributed by atoms with E-state index in [-0.39, 0.29) is 5.89 Å². The predicted molar refractivity (Wildman–Crippen MR) is 100 cm³/mol. The highest BCUT2D eigenvalue weighted by Crippen LogP contribution is 2.24. The third kappa shape index (κ3) is 4.18. The first-order valence-corrected chi connectivity index (χ1v) is 8.46. The third-order valence-corrected chi connectivity index (χ3v) is 3.83. The third-order valence-electron chi connectivity index (χ3n) is 3.83. The summed E-state index contributed by atoms with van der Waals surface area (Å²) < 4.78 is 10.5. The quantitative estimate of drug-likeness (QED) is 0.571. The zero-order valence-corrected chi connectivity index (χ0v) is 14.6. The lowest BCUT2D eigenvalue weighted by Crippen LogP contribution is -2.26. The van der Waals surface area contributed by atoms with Crippen molar-refractivity contribution in [1.82, 2.24) is 25.5 Å². The van der Waals surface area contributed by atoms with Crippen LogP contribution >= 0.6 is 0 Å². The van der Waals surface area contributed by atoms with Crippen LogP contribution in [0.25, 0.3) is 22.8 Å². The van der Waals surface area contributed by atoms with Gasteiger partial charge in [0.05, 0.1) is 18.1 Å². The maximum atomic E-state index is 12.1. The molecule has 2 aromatic heterocycles. The van der Waals surface area contributed by atoms with Gasteiger partial charge >= 0.3 is 6.09 Å². The molecule has 2 heterocycles. The van der Waals surface area contributed by atoms with Gasteiger partial charge in [-0.05, 0) is 17.7 Å². The van der Waals surface area contributed by atoms with E-state index < -0.39 is 6.09 Å². The van der Waals surface area contributed by atoms with Gasteiger partial charge in [-0.2, -0.15) is 0 Å². The Morgan fingerprint density at radius 3 is 2.71 bits per heavy atom. The summed E-state index contributed by atoms with van der Waals surface area (Å²) in [5.41, 5.74) is 2.77. The lowest BCUT2D eigenvalue weighted by atomic mass is 10.1. The minimum atomic E-state index is -0.535. The van der Waals surface area contributed by atoms with E-state index in [2.05, 4.69) is 25.5 Å². The standard InChI is InChI=1S/C20H15N5O3/c26-20(22-10-14-5-2-1-3-6-14)28-16-8-4-7-15(9-16)17-11-21-12-18(24-17)19-25-23-13-27-19/h1-9,11-13H,10H2,(H,22,26). The largest absolute Gasteiger partial charge is 0.422 e.